The van der Waals surface area contributed by atoms with Crippen molar-refractivity contribution in [1.82, 2.24) is 0 Å². The van der Waals surface area contributed by atoms with Crippen molar-refractivity contribution < 1.29 is 4.42 Å². The standard InChI is InChI=1S/C14H18O/c1-9-6-7-11-8-12(14(3,4)5)15-13(11)10(9)2/h6-8H,1-5H3. The summed E-state index contributed by atoms with van der Waals surface area (Å²) in [5.41, 5.74) is 3.67. The van der Waals surface area contributed by atoms with E-state index < -0.39 is 0 Å². The minimum Gasteiger partial charge on any atom is -0.460 e. The molecule has 1 heteroatoms. The molecule has 0 aliphatic rings. The van der Waals surface area contributed by atoms with E-state index in [0.29, 0.717) is 0 Å². The van der Waals surface area contributed by atoms with Gasteiger partial charge < -0.3 is 4.42 Å². The molecule has 0 amide bonds. The van der Waals surface area contributed by atoms with Gasteiger partial charge in [-0.3, -0.25) is 0 Å². The number of furan rings is 1. The van der Waals surface area contributed by atoms with E-state index in [9.17, 15) is 0 Å². The van der Waals surface area contributed by atoms with Gasteiger partial charge in [-0.05, 0) is 31.0 Å². The fourth-order valence-electron chi connectivity index (χ4n) is 1.71. The van der Waals surface area contributed by atoms with Gasteiger partial charge in [0.15, 0.2) is 0 Å². The molecule has 0 spiro atoms. The number of fused-ring (bicyclic) bond motifs is 1. The smallest absolute Gasteiger partial charge is 0.137 e. The molecule has 2 aromatic rings. The van der Waals surface area contributed by atoms with Crippen molar-refractivity contribution in [3.63, 3.8) is 0 Å². The van der Waals surface area contributed by atoms with Crippen LogP contribution in [0.25, 0.3) is 11.0 Å². The lowest BCUT2D eigenvalue weighted by molar-refractivity contribution is 0.429. The highest BCUT2D eigenvalue weighted by atomic mass is 16.3. The fraction of sp³-hybridized carbons (Fsp3) is 0.429. The topological polar surface area (TPSA) is 13.1 Å². The van der Waals surface area contributed by atoms with Crippen molar-refractivity contribution in [2.45, 2.75) is 40.0 Å². The third-order valence-electron chi connectivity index (χ3n) is 2.94. The first-order valence-corrected chi connectivity index (χ1v) is 5.40. The number of hydrogen-bond acceptors (Lipinski definition) is 1. The Morgan fingerprint density at radius 2 is 1.73 bits per heavy atom. The molecule has 0 radical (unpaired) electrons. The Bertz CT molecular complexity index is 498. The summed E-state index contributed by atoms with van der Waals surface area (Å²) in [4.78, 5) is 0. The maximum Gasteiger partial charge on any atom is 0.137 e. The van der Waals surface area contributed by atoms with Crippen molar-refractivity contribution in [2.75, 3.05) is 0 Å². The molecule has 1 nitrogen and oxygen atoms in total. The Labute approximate surface area is 91.1 Å². The second-order valence-corrected chi connectivity index (χ2v) is 5.29. The molecule has 0 unspecified atom stereocenters. The first kappa shape index (κ1) is 10.3. The number of benzene rings is 1. The highest BCUT2D eigenvalue weighted by Gasteiger charge is 2.19. The Morgan fingerprint density at radius 3 is 2.33 bits per heavy atom. The molecule has 2 rings (SSSR count). The van der Waals surface area contributed by atoms with Gasteiger partial charge in [0, 0.05) is 10.8 Å². The summed E-state index contributed by atoms with van der Waals surface area (Å²) in [6, 6.07) is 6.44. The average Bonchev–Trinajstić information content (AvgIpc) is 2.55. The molecule has 0 saturated heterocycles. The maximum absolute atomic E-state index is 5.94. The Kier molecular flexibility index (Phi) is 2.14. The summed E-state index contributed by atoms with van der Waals surface area (Å²) in [7, 11) is 0. The van der Waals surface area contributed by atoms with Crippen LogP contribution in [-0.4, -0.2) is 0 Å². The lowest BCUT2D eigenvalue weighted by Crippen LogP contribution is -2.08. The SMILES string of the molecule is Cc1ccc2cc(C(C)(C)C)oc2c1C. The molecule has 0 fully saturated rings. The number of aryl methyl sites for hydroxylation is 2. The van der Waals surface area contributed by atoms with E-state index in [1.165, 1.54) is 16.5 Å². The highest BCUT2D eigenvalue weighted by molar-refractivity contribution is 5.82. The number of rotatable bonds is 0. The minimum atomic E-state index is 0.0827. The van der Waals surface area contributed by atoms with Crippen LogP contribution < -0.4 is 0 Å². The van der Waals surface area contributed by atoms with E-state index in [-0.39, 0.29) is 5.41 Å². The van der Waals surface area contributed by atoms with E-state index >= 15 is 0 Å². The molecule has 1 aromatic heterocycles. The van der Waals surface area contributed by atoms with Crippen molar-refractivity contribution in [1.29, 1.82) is 0 Å². The van der Waals surface area contributed by atoms with Crippen LogP contribution in [0.1, 0.15) is 37.7 Å². The Hall–Kier alpha value is -1.24. The van der Waals surface area contributed by atoms with Gasteiger partial charge in [-0.2, -0.15) is 0 Å². The van der Waals surface area contributed by atoms with E-state index in [1.807, 2.05) is 0 Å². The third kappa shape index (κ3) is 1.67. The number of hydrogen-bond donors (Lipinski definition) is 0. The molecular weight excluding hydrogens is 184 g/mol. The van der Waals surface area contributed by atoms with Crippen LogP contribution in [0.15, 0.2) is 22.6 Å². The summed E-state index contributed by atoms with van der Waals surface area (Å²) in [6.07, 6.45) is 0. The Balaban J connectivity index is 2.72. The molecule has 0 aliphatic carbocycles. The van der Waals surface area contributed by atoms with Gasteiger partial charge in [0.2, 0.25) is 0 Å². The highest BCUT2D eigenvalue weighted by Crippen LogP contribution is 2.31. The lowest BCUT2D eigenvalue weighted by atomic mass is 9.93. The summed E-state index contributed by atoms with van der Waals surface area (Å²) >= 11 is 0. The van der Waals surface area contributed by atoms with Gasteiger partial charge >= 0.3 is 0 Å². The van der Waals surface area contributed by atoms with Crippen molar-refractivity contribution >= 4 is 11.0 Å². The van der Waals surface area contributed by atoms with Crippen molar-refractivity contribution in [3.8, 4) is 0 Å². The van der Waals surface area contributed by atoms with E-state index in [2.05, 4.69) is 52.8 Å². The molecule has 0 bridgehead atoms. The summed E-state index contributed by atoms with van der Waals surface area (Å²) in [6.45, 7) is 10.8. The largest absolute Gasteiger partial charge is 0.460 e. The predicted octanol–water partition coefficient (Wildman–Crippen LogP) is 4.35. The quantitative estimate of drug-likeness (QED) is 0.619. The van der Waals surface area contributed by atoms with Crippen LogP contribution in [0.3, 0.4) is 0 Å². The average molecular weight is 202 g/mol. The molecule has 0 atom stereocenters. The second kappa shape index (κ2) is 3.13. The van der Waals surface area contributed by atoms with Crippen LogP contribution in [0.2, 0.25) is 0 Å². The first-order valence-electron chi connectivity index (χ1n) is 5.40. The zero-order valence-electron chi connectivity index (χ0n) is 10.1. The van der Waals surface area contributed by atoms with Gasteiger partial charge in [-0.25, -0.2) is 0 Å². The molecule has 80 valence electrons. The zero-order valence-corrected chi connectivity index (χ0v) is 10.1. The van der Waals surface area contributed by atoms with Crippen LogP contribution >= 0.6 is 0 Å². The van der Waals surface area contributed by atoms with Crippen LogP contribution in [-0.2, 0) is 5.41 Å². The molecule has 1 heterocycles. The third-order valence-corrected chi connectivity index (χ3v) is 2.94. The maximum atomic E-state index is 5.94. The van der Waals surface area contributed by atoms with Crippen LogP contribution in [0.5, 0.6) is 0 Å². The van der Waals surface area contributed by atoms with Crippen molar-refractivity contribution in [2.24, 2.45) is 0 Å². The van der Waals surface area contributed by atoms with Crippen LogP contribution in [0.4, 0.5) is 0 Å². The van der Waals surface area contributed by atoms with E-state index in [4.69, 9.17) is 4.42 Å². The normalized spacial score (nSPS) is 12.3. The molecular formula is C14H18O. The minimum absolute atomic E-state index is 0.0827. The van der Waals surface area contributed by atoms with E-state index in [0.717, 1.165) is 11.3 Å². The predicted molar refractivity (Wildman–Crippen MR) is 64.4 cm³/mol. The molecule has 0 N–H and O–H groups in total. The first-order chi connectivity index (χ1) is 6.89. The molecule has 0 saturated carbocycles. The molecule has 1 aromatic carbocycles. The van der Waals surface area contributed by atoms with Gasteiger partial charge in [-0.15, -0.1) is 0 Å². The fourth-order valence-corrected chi connectivity index (χ4v) is 1.71. The van der Waals surface area contributed by atoms with Gasteiger partial charge in [0.05, 0.1) is 0 Å². The van der Waals surface area contributed by atoms with Gasteiger partial charge in [-0.1, -0.05) is 32.9 Å². The summed E-state index contributed by atoms with van der Waals surface area (Å²) in [5, 5.41) is 1.21. The second-order valence-electron chi connectivity index (χ2n) is 5.29. The van der Waals surface area contributed by atoms with Crippen molar-refractivity contribution in [3.05, 3.63) is 35.1 Å². The zero-order chi connectivity index (χ0) is 11.2. The monoisotopic (exact) mass is 202 g/mol. The van der Waals surface area contributed by atoms with Gasteiger partial charge in [0.25, 0.3) is 0 Å². The van der Waals surface area contributed by atoms with E-state index in [1.54, 1.807) is 0 Å². The lowest BCUT2D eigenvalue weighted by Gasteiger charge is -2.13. The van der Waals surface area contributed by atoms with Crippen LogP contribution in [0, 0.1) is 13.8 Å². The molecule has 15 heavy (non-hydrogen) atoms. The Morgan fingerprint density at radius 1 is 1.07 bits per heavy atom. The summed E-state index contributed by atoms with van der Waals surface area (Å²) < 4.78 is 5.94. The summed E-state index contributed by atoms with van der Waals surface area (Å²) in [5.74, 6) is 1.06. The molecule has 0 aliphatic heterocycles. The van der Waals surface area contributed by atoms with Gasteiger partial charge in [0.1, 0.15) is 11.3 Å².